The summed E-state index contributed by atoms with van der Waals surface area (Å²) in [5.74, 6) is 1.91. The van der Waals surface area contributed by atoms with Crippen LogP contribution in [0.5, 0.6) is 0 Å². The number of likely N-dealkylation sites (tertiary alicyclic amines) is 1. The first-order valence-electron chi connectivity index (χ1n) is 12.5. The number of ether oxygens (including phenoxy) is 1. The number of hydrogen-bond acceptors (Lipinski definition) is 3. The number of rotatable bonds is 1. The number of nitrogens with one attached hydrogen (secondary N) is 1. The molecule has 0 aromatic heterocycles. The van der Waals surface area contributed by atoms with E-state index >= 15 is 0 Å². The molecule has 166 valence electrons. The van der Waals surface area contributed by atoms with Gasteiger partial charge in [-0.2, -0.15) is 0 Å². The predicted molar refractivity (Wildman–Crippen MR) is 122 cm³/mol. The second-order valence-corrected chi connectivity index (χ2v) is 10.4. The zero-order chi connectivity index (χ0) is 20.6. The highest BCUT2D eigenvalue weighted by atomic mass is 16.5. The SMILES string of the molecule is CC.CC1CCC2(CC1)CCN(C(C)C)C2.CC1CCC2(CC1)CNCCO2. The highest BCUT2D eigenvalue weighted by Gasteiger charge is 2.40. The van der Waals surface area contributed by atoms with Gasteiger partial charge in [-0.15, -0.1) is 0 Å². The third-order valence-electron chi connectivity index (χ3n) is 7.85. The second-order valence-electron chi connectivity index (χ2n) is 10.4. The largest absolute Gasteiger partial charge is 0.372 e. The van der Waals surface area contributed by atoms with Crippen molar-refractivity contribution in [2.24, 2.45) is 17.3 Å². The van der Waals surface area contributed by atoms with Crippen LogP contribution < -0.4 is 5.32 Å². The quantitative estimate of drug-likeness (QED) is 0.601. The molecule has 2 aliphatic carbocycles. The Morgan fingerprint density at radius 1 is 0.893 bits per heavy atom. The van der Waals surface area contributed by atoms with E-state index in [2.05, 4.69) is 37.9 Å². The molecule has 0 amide bonds. The minimum Gasteiger partial charge on any atom is -0.372 e. The van der Waals surface area contributed by atoms with E-state index in [4.69, 9.17) is 4.74 Å². The van der Waals surface area contributed by atoms with Gasteiger partial charge in [0, 0.05) is 25.7 Å². The van der Waals surface area contributed by atoms with Crippen molar-refractivity contribution in [3.05, 3.63) is 0 Å². The fourth-order valence-electron chi connectivity index (χ4n) is 5.51. The molecule has 1 N–H and O–H groups in total. The molecule has 0 aromatic carbocycles. The summed E-state index contributed by atoms with van der Waals surface area (Å²) in [6.07, 6.45) is 12.6. The molecular formula is C25H50N2O. The Kier molecular flexibility index (Phi) is 9.76. The molecule has 0 aromatic rings. The van der Waals surface area contributed by atoms with E-state index in [1.54, 1.807) is 0 Å². The van der Waals surface area contributed by atoms with Crippen LogP contribution in [0.1, 0.15) is 99.3 Å². The molecule has 0 atom stereocenters. The molecule has 2 saturated heterocycles. The Balaban J connectivity index is 0.000000186. The molecule has 4 aliphatic rings. The van der Waals surface area contributed by atoms with Crippen molar-refractivity contribution >= 4 is 0 Å². The van der Waals surface area contributed by atoms with Crippen LogP contribution in [-0.2, 0) is 4.74 Å². The van der Waals surface area contributed by atoms with E-state index in [-0.39, 0.29) is 5.60 Å². The van der Waals surface area contributed by atoms with E-state index in [1.165, 1.54) is 70.9 Å². The molecule has 2 saturated carbocycles. The molecule has 0 unspecified atom stereocenters. The molecule has 2 aliphatic heterocycles. The Morgan fingerprint density at radius 2 is 1.46 bits per heavy atom. The monoisotopic (exact) mass is 394 g/mol. The molecule has 28 heavy (non-hydrogen) atoms. The lowest BCUT2D eigenvalue weighted by Gasteiger charge is -2.42. The third kappa shape index (κ3) is 6.71. The van der Waals surface area contributed by atoms with Gasteiger partial charge < -0.3 is 15.0 Å². The van der Waals surface area contributed by atoms with Crippen LogP contribution in [0.25, 0.3) is 0 Å². The Labute approximate surface area is 176 Å². The average molecular weight is 395 g/mol. The summed E-state index contributed by atoms with van der Waals surface area (Å²) in [4.78, 5) is 2.68. The van der Waals surface area contributed by atoms with Crippen LogP contribution >= 0.6 is 0 Å². The van der Waals surface area contributed by atoms with Crippen molar-refractivity contribution < 1.29 is 4.74 Å². The highest BCUT2D eigenvalue weighted by Crippen LogP contribution is 2.45. The molecule has 2 heterocycles. The minimum absolute atomic E-state index is 0.227. The fraction of sp³-hybridized carbons (Fsp3) is 1.00. The van der Waals surface area contributed by atoms with Crippen LogP contribution in [0, 0.1) is 17.3 Å². The summed E-state index contributed by atoms with van der Waals surface area (Å²) in [6.45, 7) is 19.2. The van der Waals surface area contributed by atoms with Crippen molar-refractivity contribution in [2.75, 3.05) is 32.8 Å². The van der Waals surface area contributed by atoms with Crippen LogP contribution in [0.2, 0.25) is 0 Å². The van der Waals surface area contributed by atoms with Crippen LogP contribution in [0.15, 0.2) is 0 Å². The van der Waals surface area contributed by atoms with Gasteiger partial charge in [-0.1, -0.05) is 40.5 Å². The van der Waals surface area contributed by atoms with Gasteiger partial charge in [-0.05, 0) is 82.6 Å². The summed E-state index contributed by atoms with van der Waals surface area (Å²) in [5.41, 5.74) is 0.960. The van der Waals surface area contributed by atoms with Gasteiger partial charge in [0.15, 0.2) is 0 Å². The van der Waals surface area contributed by atoms with Crippen LogP contribution in [-0.4, -0.2) is 49.3 Å². The first-order valence-corrected chi connectivity index (χ1v) is 12.5. The topological polar surface area (TPSA) is 24.5 Å². The van der Waals surface area contributed by atoms with Crippen molar-refractivity contribution in [1.29, 1.82) is 0 Å². The maximum absolute atomic E-state index is 5.89. The first kappa shape index (κ1) is 24.2. The van der Waals surface area contributed by atoms with Gasteiger partial charge in [0.1, 0.15) is 0 Å². The van der Waals surface area contributed by atoms with Crippen molar-refractivity contribution in [2.45, 2.75) is 111 Å². The second kappa shape index (κ2) is 11.3. The molecule has 3 heteroatoms. The standard InChI is InChI=1S/C13H25N.C10H19NO.C2H6/c1-11(2)14-9-8-13(10-14)6-4-12(3)5-7-13;1-9-2-4-10(5-3-9)8-11-6-7-12-10;1-2/h11-12H,4-10H2,1-3H3;9,11H,2-8H2,1H3;1-2H3. The van der Waals surface area contributed by atoms with E-state index in [0.717, 1.165) is 43.0 Å². The van der Waals surface area contributed by atoms with Gasteiger partial charge in [-0.3, -0.25) is 0 Å². The zero-order valence-corrected chi connectivity index (χ0v) is 20.0. The maximum atomic E-state index is 5.89. The number of morpholine rings is 1. The molecular weight excluding hydrogens is 344 g/mol. The van der Waals surface area contributed by atoms with Crippen molar-refractivity contribution in [3.8, 4) is 0 Å². The average Bonchev–Trinajstić information content (AvgIpc) is 3.14. The van der Waals surface area contributed by atoms with Gasteiger partial charge in [0.05, 0.1) is 12.2 Å². The molecule has 4 rings (SSSR count). The third-order valence-corrected chi connectivity index (χ3v) is 7.85. The first-order chi connectivity index (χ1) is 13.4. The lowest BCUT2D eigenvalue weighted by Crippen LogP contribution is -2.51. The van der Waals surface area contributed by atoms with Crippen LogP contribution in [0.3, 0.4) is 0 Å². The van der Waals surface area contributed by atoms with Gasteiger partial charge >= 0.3 is 0 Å². The van der Waals surface area contributed by atoms with Crippen molar-refractivity contribution in [3.63, 3.8) is 0 Å². The molecule has 3 nitrogen and oxygen atoms in total. The van der Waals surface area contributed by atoms with Crippen molar-refractivity contribution in [1.82, 2.24) is 10.2 Å². The van der Waals surface area contributed by atoms with E-state index < -0.39 is 0 Å². The predicted octanol–water partition coefficient (Wildman–Crippen LogP) is 5.88. The normalized spacial score (nSPS) is 38.7. The summed E-state index contributed by atoms with van der Waals surface area (Å²) >= 11 is 0. The lowest BCUT2D eigenvalue weighted by atomic mass is 9.70. The van der Waals surface area contributed by atoms with Gasteiger partial charge in [-0.25, -0.2) is 0 Å². The molecule has 4 fully saturated rings. The number of hydrogen-bond donors (Lipinski definition) is 1. The maximum Gasteiger partial charge on any atom is 0.0807 e. The molecule has 0 bridgehead atoms. The van der Waals surface area contributed by atoms with Gasteiger partial charge in [0.25, 0.3) is 0 Å². The Hall–Kier alpha value is -0.120. The minimum atomic E-state index is 0.227. The van der Waals surface area contributed by atoms with E-state index in [9.17, 15) is 0 Å². The number of nitrogens with zero attached hydrogens (tertiary/aromatic N) is 1. The van der Waals surface area contributed by atoms with E-state index in [0.29, 0.717) is 0 Å². The van der Waals surface area contributed by atoms with E-state index in [1.807, 2.05) is 13.8 Å². The van der Waals surface area contributed by atoms with Crippen LogP contribution in [0.4, 0.5) is 0 Å². The smallest absolute Gasteiger partial charge is 0.0807 e. The molecule has 2 spiro atoms. The summed E-state index contributed by atoms with van der Waals surface area (Å²) in [5, 5.41) is 3.44. The summed E-state index contributed by atoms with van der Waals surface area (Å²) in [7, 11) is 0. The fourth-order valence-corrected chi connectivity index (χ4v) is 5.51. The highest BCUT2D eigenvalue weighted by molar-refractivity contribution is 4.93. The van der Waals surface area contributed by atoms with Gasteiger partial charge in [0.2, 0.25) is 0 Å². The summed E-state index contributed by atoms with van der Waals surface area (Å²) < 4.78 is 5.89. The summed E-state index contributed by atoms with van der Waals surface area (Å²) in [6, 6.07) is 0.758. The Morgan fingerprint density at radius 3 is 1.93 bits per heavy atom. The zero-order valence-electron chi connectivity index (χ0n) is 20.0. The lowest BCUT2D eigenvalue weighted by molar-refractivity contribution is -0.0935. The Bertz CT molecular complexity index is 412. The molecule has 0 radical (unpaired) electrons.